The maximum atomic E-state index is 7.58. The number of furan rings is 1. The van der Waals surface area contributed by atoms with Gasteiger partial charge in [-0.05, 0) is 48.5 Å². The van der Waals surface area contributed by atoms with Crippen molar-refractivity contribution in [3.05, 3.63) is 83.9 Å². The number of nitrogens with two attached hydrogens (primary N) is 2. The number of amidine groups is 2. The van der Waals surface area contributed by atoms with Gasteiger partial charge in [0.05, 0.1) is 5.56 Å². The van der Waals surface area contributed by atoms with Crippen molar-refractivity contribution in [2.45, 2.75) is 0 Å². The molecule has 0 bridgehead atoms. The molecule has 7 heteroatoms. The second kappa shape index (κ2) is 8.00. The Morgan fingerprint density at radius 1 is 0.800 bits per heavy atom. The minimum absolute atomic E-state index is 0.00510. The van der Waals surface area contributed by atoms with Crippen LogP contribution in [0.4, 0.5) is 0 Å². The lowest BCUT2D eigenvalue weighted by Gasteiger charge is -2.11. The van der Waals surface area contributed by atoms with Crippen LogP contribution in [0, 0.1) is 10.8 Å². The molecule has 4 aromatic rings. The van der Waals surface area contributed by atoms with Gasteiger partial charge in [0.1, 0.15) is 34.5 Å². The lowest BCUT2D eigenvalue weighted by atomic mass is 10.1. The van der Waals surface area contributed by atoms with Gasteiger partial charge in [-0.15, -0.1) is 0 Å². The zero-order chi connectivity index (χ0) is 21.1. The molecule has 0 aliphatic carbocycles. The number of para-hydroxylation sites is 1. The molecule has 1 heterocycles. The van der Waals surface area contributed by atoms with Gasteiger partial charge in [0.25, 0.3) is 0 Å². The van der Waals surface area contributed by atoms with Crippen LogP contribution >= 0.6 is 0 Å². The molecule has 0 unspecified atom stereocenters. The first-order valence-electron chi connectivity index (χ1n) is 9.19. The van der Waals surface area contributed by atoms with Crippen molar-refractivity contribution in [2.24, 2.45) is 11.5 Å². The second-order valence-electron chi connectivity index (χ2n) is 6.62. The van der Waals surface area contributed by atoms with Gasteiger partial charge in [-0.25, -0.2) is 0 Å². The number of hydrogen-bond donors (Lipinski definition) is 4. The third kappa shape index (κ3) is 3.95. The fraction of sp³-hybridized carbons (Fsp3) is 0.0435. The molecule has 3 aromatic carbocycles. The molecule has 0 spiro atoms. The van der Waals surface area contributed by atoms with E-state index in [1.165, 1.54) is 0 Å². The van der Waals surface area contributed by atoms with Crippen LogP contribution in [0.25, 0.3) is 22.3 Å². The van der Waals surface area contributed by atoms with Crippen molar-refractivity contribution in [1.29, 1.82) is 10.8 Å². The highest BCUT2D eigenvalue weighted by molar-refractivity contribution is 5.98. The highest BCUT2D eigenvalue weighted by Crippen LogP contribution is 2.34. The molecule has 0 saturated heterocycles. The molecule has 0 aliphatic rings. The second-order valence-corrected chi connectivity index (χ2v) is 6.62. The summed E-state index contributed by atoms with van der Waals surface area (Å²) in [7, 11) is 0. The molecular weight excluding hydrogens is 380 g/mol. The van der Waals surface area contributed by atoms with Gasteiger partial charge < -0.3 is 25.4 Å². The van der Waals surface area contributed by atoms with E-state index in [2.05, 4.69) is 0 Å². The third-order valence-electron chi connectivity index (χ3n) is 4.59. The Kier molecular flexibility index (Phi) is 5.09. The predicted octanol–water partition coefficient (Wildman–Crippen LogP) is 4.08. The summed E-state index contributed by atoms with van der Waals surface area (Å²) in [5, 5.41) is 15.9. The van der Waals surface area contributed by atoms with Gasteiger partial charge in [0.2, 0.25) is 6.79 Å². The Morgan fingerprint density at radius 2 is 1.50 bits per heavy atom. The fourth-order valence-electron chi connectivity index (χ4n) is 3.02. The fourth-order valence-corrected chi connectivity index (χ4v) is 3.02. The molecule has 0 saturated carbocycles. The van der Waals surface area contributed by atoms with Crippen molar-refractivity contribution in [2.75, 3.05) is 6.79 Å². The Bertz CT molecular complexity index is 1230. The number of benzene rings is 3. The van der Waals surface area contributed by atoms with Crippen molar-refractivity contribution in [3.8, 4) is 22.8 Å². The summed E-state index contributed by atoms with van der Waals surface area (Å²) in [5.41, 5.74) is 13.7. The van der Waals surface area contributed by atoms with Crippen LogP contribution in [-0.4, -0.2) is 18.5 Å². The monoisotopic (exact) mass is 400 g/mol. The summed E-state index contributed by atoms with van der Waals surface area (Å²) in [4.78, 5) is 0. The van der Waals surface area contributed by atoms with Gasteiger partial charge in [0.15, 0.2) is 0 Å². The van der Waals surface area contributed by atoms with E-state index in [1.54, 1.807) is 36.4 Å². The zero-order valence-electron chi connectivity index (χ0n) is 16.0. The van der Waals surface area contributed by atoms with E-state index in [0.717, 1.165) is 10.9 Å². The number of ether oxygens (including phenoxy) is 2. The molecule has 150 valence electrons. The molecule has 0 atom stereocenters. The van der Waals surface area contributed by atoms with E-state index in [-0.39, 0.29) is 18.5 Å². The van der Waals surface area contributed by atoms with Crippen molar-refractivity contribution in [1.82, 2.24) is 0 Å². The Balaban J connectivity index is 1.52. The van der Waals surface area contributed by atoms with Crippen LogP contribution in [0.5, 0.6) is 11.5 Å². The summed E-state index contributed by atoms with van der Waals surface area (Å²) < 4.78 is 17.4. The van der Waals surface area contributed by atoms with E-state index < -0.39 is 0 Å². The van der Waals surface area contributed by atoms with E-state index >= 15 is 0 Å². The summed E-state index contributed by atoms with van der Waals surface area (Å²) >= 11 is 0. The largest absolute Gasteiger partial charge is 0.458 e. The SMILES string of the molecule is N=C(N)c1ccc(OCOc2ccccc2-c2cc3ccc(C(=N)N)cc3o2)cc1. The third-order valence-corrected chi connectivity index (χ3v) is 4.59. The van der Waals surface area contributed by atoms with E-state index in [1.807, 2.05) is 36.4 Å². The summed E-state index contributed by atoms with van der Waals surface area (Å²) in [6.07, 6.45) is 0. The summed E-state index contributed by atoms with van der Waals surface area (Å²) in [6.45, 7) is 0.00510. The van der Waals surface area contributed by atoms with Crippen LogP contribution in [0.3, 0.4) is 0 Å². The Hall–Kier alpha value is -4.26. The Labute approximate surface area is 172 Å². The van der Waals surface area contributed by atoms with E-state index in [4.69, 9.17) is 36.2 Å². The molecular formula is C23H20N4O3. The van der Waals surface area contributed by atoms with Crippen LogP contribution < -0.4 is 20.9 Å². The zero-order valence-corrected chi connectivity index (χ0v) is 16.0. The molecule has 1 aromatic heterocycles. The molecule has 0 fully saturated rings. The average molecular weight is 400 g/mol. The average Bonchev–Trinajstić information content (AvgIpc) is 3.17. The van der Waals surface area contributed by atoms with Gasteiger partial charge in [-0.1, -0.05) is 24.3 Å². The molecule has 0 aliphatic heterocycles. The van der Waals surface area contributed by atoms with Gasteiger partial charge in [-0.2, -0.15) is 0 Å². The lowest BCUT2D eigenvalue weighted by Crippen LogP contribution is -2.11. The van der Waals surface area contributed by atoms with Gasteiger partial charge >= 0.3 is 0 Å². The van der Waals surface area contributed by atoms with E-state index in [9.17, 15) is 0 Å². The molecule has 7 nitrogen and oxygen atoms in total. The van der Waals surface area contributed by atoms with Crippen LogP contribution in [0.2, 0.25) is 0 Å². The van der Waals surface area contributed by atoms with Crippen molar-refractivity contribution < 1.29 is 13.9 Å². The van der Waals surface area contributed by atoms with Crippen LogP contribution in [-0.2, 0) is 0 Å². The van der Waals surface area contributed by atoms with Crippen LogP contribution in [0.1, 0.15) is 11.1 Å². The smallest absolute Gasteiger partial charge is 0.230 e. The van der Waals surface area contributed by atoms with Gasteiger partial charge in [-0.3, -0.25) is 10.8 Å². The first kappa shape index (κ1) is 19.1. The molecule has 30 heavy (non-hydrogen) atoms. The maximum Gasteiger partial charge on any atom is 0.230 e. The highest BCUT2D eigenvalue weighted by atomic mass is 16.7. The number of nitrogen functional groups attached to an aromatic ring is 2. The Morgan fingerprint density at radius 3 is 2.23 bits per heavy atom. The summed E-state index contributed by atoms with van der Waals surface area (Å²) in [5.74, 6) is 1.87. The summed E-state index contributed by atoms with van der Waals surface area (Å²) in [6, 6.07) is 21.7. The van der Waals surface area contributed by atoms with Crippen molar-refractivity contribution in [3.63, 3.8) is 0 Å². The standard InChI is InChI=1S/C23H20N4O3/c24-22(25)14-7-9-17(10-8-14)28-13-29-19-4-2-1-3-18(19)21-11-15-5-6-16(23(26)27)12-20(15)30-21/h1-12H,13H2,(H3,24,25)(H3,26,27). The normalized spacial score (nSPS) is 10.7. The topological polar surface area (TPSA) is 131 Å². The number of rotatable bonds is 7. The maximum absolute atomic E-state index is 7.58. The van der Waals surface area contributed by atoms with Crippen molar-refractivity contribution >= 4 is 22.6 Å². The minimum Gasteiger partial charge on any atom is -0.458 e. The predicted molar refractivity (Wildman–Crippen MR) is 116 cm³/mol. The first-order chi connectivity index (χ1) is 14.5. The van der Waals surface area contributed by atoms with E-state index in [0.29, 0.717) is 34.0 Å². The number of hydrogen-bond acceptors (Lipinski definition) is 5. The quantitative estimate of drug-likeness (QED) is 0.211. The first-order valence-corrected chi connectivity index (χ1v) is 9.19. The molecule has 0 radical (unpaired) electrons. The highest BCUT2D eigenvalue weighted by Gasteiger charge is 2.12. The lowest BCUT2D eigenvalue weighted by molar-refractivity contribution is 0.120. The van der Waals surface area contributed by atoms with Crippen LogP contribution in [0.15, 0.2) is 77.2 Å². The number of fused-ring (bicyclic) bond motifs is 1. The molecule has 0 amide bonds. The number of nitrogens with one attached hydrogen (secondary N) is 2. The minimum atomic E-state index is -0.00734. The molecule has 6 N–H and O–H groups in total. The van der Waals surface area contributed by atoms with Gasteiger partial charge in [0, 0.05) is 16.5 Å². The molecule has 4 rings (SSSR count).